The van der Waals surface area contributed by atoms with E-state index in [0.29, 0.717) is 23.0 Å². The summed E-state index contributed by atoms with van der Waals surface area (Å²) in [6, 6.07) is 9.23. The molecular formula is C27H28F3N7O. The average molecular weight is 524 g/mol. The molecule has 3 aromatic rings. The Balaban J connectivity index is 1.62. The molecule has 0 bridgehead atoms. The van der Waals surface area contributed by atoms with Crippen molar-refractivity contribution in [1.82, 2.24) is 9.97 Å². The number of hydrogen-bond acceptors (Lipinski definition) is 6. The lowest BCUT2D eigenvalue weighted by Gasteiger charge is -2.27. The number of amidine groups is 1. The lowest BCUT2D eigenvalue weighted by molar-refractivity contribution is -0.137. The second kappa shape index (κ2) is 11.3. The van der Waals surface area contributed by atoms with Crippen molar-refractivity contribution >= 4 is 34.8 Å². The minimum Gasteiger partial charge on any atom is -0.382 e. The first-order valence-electron chi connectivity index (χ1n) is 12.1. The van der Waals surface area contributed by atoms with Gasteiger partial charge in [-0.3, -0.25) is 4.79 Å². The molecule has 1 amide bonds. The Morgan fingerprint density at radius 3 is 2.63 bits per heavy atom. The minimum absolute atomic E-state index is 0.0290. The molecule has 0 radical (unpaired) electrons. The minimum atomic E-state index is -4.52. The lowest BCUT2D eigenvalue weighted by atomic mass is 10.1. The molecule has 0 atom stereocenters. The van der Waals surface area contributed by atoms with Gasteiger partial charge >= 0.3 is 6.18 Å². The van der Waals surface area contributed by atoms with Crippen molar-refractivity contribution in [2.75, 3.05) is 28.6 Å². The van der Waals surface area contributed by atoms with Crippen LogP contribution >= 0.6 is 0 Å². The predicted molar refractivity (Wildman–Crippen MR) is 143 cm³/mol. The Morgan fingerprint density at radius 2 is 1.92 bits per heavy atom. The van der Waals surface area contributed by atoms with Gasteiger partial charge in [-0.15, -0.1) is 0 Å². The van der Waals surface area contributed by atoms with Gasteiger partial charge < -0.3 is 21.3 Å². The van der Waals surface area contributed by atoms with E-state index in [9.17, 15) is 18.0 Å². The van der Waals surface area contributed by atoms with E-state index < -0.39 is 17.6 Å². The Morgan fingerprint density at radius 1 is 1.16 bits per heavy atom. The highest BCUT2D eigenvalue weighted by Crippen LogP contribution is 2.31. The number of aliphatic imine (C=N–C) groups is 1. The smallest absolute Gasteiger partial charge is 0.382 e. The predicted octanol–water partition coefficient (Wildman–Crippen LogP) is 5.64. The van der Waals surface area contributed by atoms with Crippen LogP contribution in [-0.2, 0) is 6.18 Å². The first-order valence-corrected chi connectivity index (χ1v) is 12.1. The number of aryl methyl sites for hydroxylation is 1. The molecule has 2 heterocycles. The number of rotatable bonds is 7. The Bertz CT molecular complexity index is 1370. The second-order valence-electron chi connectivity index (χ2n) is 8.86. The highest BCUT2D eigenvalue weighted by molar-refractivity contribution is 6.06. The molecule has 0 unspecified atom stereocenters. The maximum absolute atomic E-state index is 13.0. The van der Waals surface area contributed by atoms with Crippen LogP contribution in [0.15, 0.2) is 66.4 Å². The Labute approximate surface area is 218 Å². The van der Waals surface area contributed by atoms with Crippen molar-refractivity contribution in [2.24, 2.45) is 10.7 Å². The summed E-state index contributed by atoms with van der Waals surface area (Å²) in [5, 5.41) is 5.48. The molecule has 38 heavy (non-hydrogen) atoms. The number of benzene rings is 2. The lowest BCUT2D eigenvalue weighted by Crippen LogP contribution is -2.32. The molecule has 2 aromatic carbocycles. The molecule has 4 N–H and O–H groups in total. The molecule has 11 heteroatoms. The van der Waals surface area contributed by atoms with Crippen LogP contribution in [0, 0.1) is 6.92 Å². The van der Waals surface area contributed by atoms with Crippen LogP contribution < -0.4 is 21.3 Å². The molecule has 8 nitrogen and oxygen atoms in total. The maximum Gasteiger partial charge on any atom is 0.416 e. The summed E-state index contributed by atoms with van der Waals surface area (Å²) >= 11 is 0. The van der Waals surface area contributed by atoms with E-state index in [1.165, 1.54) is 30.8 Å². The number of nitrogens with two attached hydrogens (primary N) is 1. The van der Waals surface area contributed by atoms with Crippen LogP contribution in [0.25, 0.3) is 0 Å². The van der Waals surface area contributed by atoms with Crippen LogP contribution in [-0.4, -0.2) is 34.8 Å². The number of carbonyl (C=O) groups excluding carboxylic acids is 1. The third kappa shape index (κ3) is 6.28. The summed E-state index contributed by atoms with van der Waals surface area (Å²) in [6.45, 7) is 7.20. The zero-order valence-electron chi connectivity index (χ0n) is 20.8. The summed E-state index contributed by atoms with van der Waals surface area (Å²) in [5.74, 6) is 0.0784. The fraction of sp³-hybridized carbons (Fsp3) is 0.259. The van der Waals surface area contributed by atoms with Gasteiger partial charge in [0.2, 0.25) is 5.95 Å². The SMILES string of the molecule is C=CNc1cnc(N2CCCCC2)nc1C(N)=Nc1cc(C(=O)Nc2cccc(C(F)(F)F)c2)ccc1C. The van der Waals surface area contributed by atoms with Gasteiger partial charge in [0.15, 0.2) is 5.84 Å². The summed E-state index contributed by atoms with van der Waals surface area (Å²) in [7, 11) is 0. The summed E-state index contributed by atoms with van der Waals surface area (Å²) < 4.78 is 39.1. The molecule has 1 saturated heterocycles. The number of piperidine rings is 1. The number of amides is 1. The van der Waals surface area contributed by atoms with Crippen molar-refractivity contribution in [3.05, 3.63) is 83.8 Å². The van der Waals surface area contributed by atoms with Crippen LogP contribution in [0.2, 0.25) is 0 Å². The van der Waals surface area contributed by atoms with E-state index in [2.05, 4.69) is 37.1 Å². The van der Waals surface area contributed by atoms with E-state index in [-0.39, 0.29) is 17.1 Å². The van der Waals surface area contributed by atoms with Gasteiger partial charge in [0.05, 0.1) is 23.1 Å². The van der Waals surface area contributed by atoms with Gasteiger partial charge in [-0.2, -0.15) is 13.2 Å². The van der Waals surface area contributed by atoms with Gasteiger partial charge in [-0.1, -0.05) is 18.7 Å². The molecule has 1 aliphatic heterocycles. The Kier molecular flexibility index (Phi) is 7.94. The van der Waals surface area contributed by atoms with Gasteiger partial charge in [0.25, 0.3) is 5.91 Å². The van der Waals surface area contributed by atoms with Crippen molar-refractivity contribution < 1.29 is 18.0 Å². The standard InChI is InChI=1S/C27H28F3N7O/c1-3-32-22-16-33-26(37-12-5-4-6-13-37)36-23(22)24(31)35-21-14-18(11-10-17(21)2)25(38)34-20-9-7-8-19(15-20)27(28,29)30/h3,7-11,14-16,32H,1,4-6,12-13H2,2H3,(H2,31,35)(H,34,38). The molecule has 198 valence electrons. The number of hydrogen-bond donors (Lipinski definition) is 3. The number of nitrogens with one attached hydrogen (secondary N) is 2. The fourth-order valence-corrected chi connectivity index (χ4v) is 4.06. The molecule has 1 fully saturated rings. The van der Waals surface area contributed by atoms with Gasteiger partial charge in [0, 0.05) is 24.3 Å². The number of alkyl halides is 3. The number of halogens is 3. The van der Waals surface area contributed by atoms with Crippen LogP contribution in [0.4, 0.5) is 36.2 Å². The van der Waals surface area contributed by atoms with Crippen LogP contribution in [0.5, 0.6) is 0 Å². The maximum atomic E-state index is 13.0. The quantitative estimate of drug-likeness (QED) is 0.273. The molecule has 1 aromatic heterocycles. The van der Waals surface area contributed by atoms with E-state index >= 15 is 0 Å². The summed E-state index contributed by atoms with van der Waals surface area (Å²) in [4.78, 5) is 28.6. The van der Waals surface area contributed by atoms with Crippen molar-refractivity contribution in [2.45, 2.75) is 32.4 Å². The van der Waals surface area contributed by atoms with Crippen molar-refractivity contribution in [3.63, 3.8) is 0 Å². The molecule has 0 spiro atoms. The first-order chi connectivity index (χ1) is 18.2. The van der Waals surface area contributed by atoms with Crippen molar-refractivity contribution in [1.29, 1.82) is 0 Å². The third-order valence-electron chi connectivity index (χ3n) is 6.08. The second-order valence-corrected chi connectivity index (χ2v) is 8.86. The summed E-state index contributed by atoms with van der Waals surface area (Å²) in [6.07, 6.45) is 1.88. The normalized spacial score (nSPS) is 14.2. The molecule has 1 aliphatic rings. The number of anilines is 3. The largest absolute Gasteiger partial charge is 0.416 e. The van der Waals surface area contributed by atoms with E-state index in [0.717, 1.165) is 43.6 Å². The molecule has 0 aliphatic carbocycles. The number of carbonyl (C=O) groups is 1. The Hall–Kier alpha value is -4.41. The average Bonchev–Trinajstić information content (AvgIpc) is 2.90. The molecule has 0 saturated carbocycles. The zero-order chi connectivity index (χ0) is 27.3. The van der Waals surface area contributed by atoms with Gasteiger partial charge in [-0.05, 0) is 68.3 Å². The molecule has 4 rings (SSSR count). The summed E-state index contributed by atoms with van der Waals surface area (Å²) in [5.41, 5.74) is 7.85. The van der Waals surface area contributed by atoms with E-state index in [4.69, 9.17) is 5.73 Å². The fourth-order valence-electron chi connectivity index (χ4n) is 4.06. The number of aromatic nitrogens is 2. The van der Waals surface area contributed by atoms with Gasteiger partial charge in [0.1, 0.15) is 5.69 Å². The number of nitrogens with zero attached hydrogens (tertiary/aromatic N) is 4. The monoisotopic (exact) mass is 523 g/mol. The highest BCUT2D eigenvalue weighted by Gasteiger charge is 2.30. The van der Waals surface area contributed by atoms with Crippen LogP contribution in [0.1, 0.15) is 46.4 Å². The topological polar surface area (TPSA) is 109 Å². The first kappa shape index (κ1) is 26.6. The molecular weight excluding hydrogens is 495 g/mol. The zero-order valence-corrected chi connectivity index (χ0v) is 20.8. The van der Waals surface area contributed by atoms with E-state index in [1.54, 1.807) is 18.3 Å². The van der Waals surface area contributed by atoms with Crippen molar-refractivity contribution in [3.8, 4) is 0 Å². The third-order valence-corrected chi connectivity index (χ3v) is 6.08. The van der Waals surface area contributed by atoms with Gasteiger partial charge in [-0.25, -0.2) is 15.0 Å². The van der Waals surface area contributed by atoms with Crippen LogP contribution in [0.3, 0.4) is 0 Å². The highest BCUT2D eigenvalue weighted by atomic mass is 19.4. The van der Waals surface area contributed by atoms with E-state index in [1.807, 2.05) is 6.92 Å².